The Bertz CT molecular complexity index is 637. The molecule has 0 aliphatic heterocycles. The maximum absolute atomic E-state index is 11.9. The Morgan fingerprint density at radius 1 is 1.14 bits per heavy atom. The summed E-state index contributed by atoms with van der Waals surface area (Å²) in [4.78, 5) is 15.8. The molecule has 22 heavy (non-hydrogen) atoms. The number of carbonyl (C=O) groups excluding carboxylic acids is 1. The Kier molecular flexibility index (Phi) is 5.65. The van der Waals surface area contributed by atoms with Crippen molar-refractivity contribution >= 4 is 11.6 Å². The molecule has 0 aliphatic carbocycles. The largest absolute Gasteiger partial charge is 0.494 e. The fraction of sp³-hybridized carbons (Fsp3) is 0.235. The number of pyridine rings is 1. The highest BCUT2D eigenvalue weighted by atomic mass is 16.5. The van der Waals surface area contributed by atoms with Crippen LogP contribution in [0.4, 0.5) is 0 Å². The van der Waals surface area contributed by atoms with Gasteiger partial charge in [-0.05, 0) is 55.3 Å². The minimum Gasteiger partial charge on any atom is -0.494 e. The van der Waals surface area contributed by atoms with Gasteiger partial charge in [0, 0.05) is 18.0 Å². The maximum Gasteiger partial charge on any atom is 0.271 e. The molecule has 5 nitrogen and oxygen atoms in total. The predicted octanol–water partition coefficient (Wildman–Crippen LogP) is 3.02. The molecular formula is C17H19N3O2. The van der Waals surface area contributed by atoms with Crippen molar-refractivity contribution in [2.45, 2.75) is 20.3 Å². The molecule has 2 aromatic rings. The zero-order chi connectivity index (χ0) is 15.8. The van der Waals surface area contributed by atoms with Crippen LogP contribution in [-0.2, 0) is 0 Å². The molecule has 0 radical (unpaired) electrons. The zero-order valence-electron chi connectivity index (χ0n) is 12.7. The molecule has 2 rings (SSSR count). The van der Waals surface area contributed by atoms with Gasteiger partial charge in [0.25, 0.3) is 5.91 Å². The molecule has 1 heterocycles. The van der Waals surface area contributed by atoms with Crippen LogP contribution in [0.25, 0.3) is 0 Å². The van der Waals surface area contributed by atoms with Gasteiger partial charge in [0.15, 0.2) is 0 Å². The second-order valence-corrected chi connectivity index (χ2v) is 4.75. The predicted molar refractivity (Wildman–Crippen MR) is 86.1 cm³/mol. The molecule has 114 valence electrons. The maximum atomic E-state index is 11.9. The normalized spacial score (nSPS) is 11.1. The van der Waals surface area contributed by atoms with Gasteiger partial charge in [-0.25, -0.2) is 5.43 Å². The number of aromatic nitrogens is 1. The van der Waals surface area contributed by atoms with Crippen LogP contribution in [0.5, 0.6) is 5.75 Å². The number of nitrogens with zero attached hydrogens (tertiary/aromatic N) is 2. The first-order valence-electron chi connectivity index (χ1n) is 7.18. The number of benzene rings is 1. The van der Waals surface area contributed by atoms with E-state index in [0.29, 0.717) is 12.2 Å². The SMILES string of the molecule is CCCOc1ccc(/C(C)=N/NC(=O)c2ccncc2)cc1. The molecular weight excluding hydrogens is 278 g/mol. The van der Waals surface area contributed by atoms with Gasteiger partial charge in [-0.2, -0.15) is 5.10 Å². The molecule has 0 bridgehead atoms. The van der Waals surface area contributed by atoms with Gasteiger partial charge in [-0.1, -0.05) is 6.92 Å². The monoisotopic (exact) mass is 297 g/mol. The van der Waals surface area contributed by atoms with E-state index < -0.39 is 0 Å². The highest BCUT2D eigenvalue weighted by molar-refractivity contribution is 6.00. The third kappa shape index (κ3) is 4.41. The summed E-state index contributed by atoms with van der Waals surface area (Å²) < 4.78 is 5.53. The number of hydrogen-bond acceptors (Lipinski definition) is 4. The average molecular weight is 297 g/mol. The van der Waals surface area contributed by atoms with E-state index in [0.717, 1.165) is 23.4 Å². The van der Waals surface area contributed by atoms with Gasteiger partial charge in [0.1, 0.15) is 5.75 Å². The fourth-order valence-electron chi connectivity index (χ4n) is 1.78. The van der Waals surface area contributed by atoms with Crippen LogP contribution in [0.1, 0.15) is 36.2 Å². The smallest absolute Gasteiger partial charge is 0.271 e. The molecule has 0 saturated heterocycles. The van der Waals surface area contributed by atoms with E-state index >= 15 is 0 Å². The van der Waals surface area contributed by atoms with Crippen molar-refractivity contribution in [3.8, 4) is 5.75 Å². The lowest BCUT2D eigenvalue weighted by Crippen LogP contribution is -2.19. The lowest BCUT2D eigenvalue weighted by molar-refractivity contribution is 0.0954. The van der Waals surface area contributed by atoms with E-state index in [1.165, 1.54) is 0 Å². The van der Waals surface area contributed by atoms with Crippen molar-refractivity contribution in [3.05, 3.63) is 59.9 Å². The van der Waals surface area contributed by atoms with Gasteiger partial charge in [-0.3, -0.25) is 9.78 Å². The summed E-state index contributed by atoms with van der Waals surface area (Å²) in [5.74, 6) is 0.573. The first-order valence-corrected chi connectivity index (χ1v) is 7.18. The van der Waals surface area contributed by atoms with E-state index in [2.05, 4.69) is 22.4 Å². The van der Waals surface area contributed by atoms with Crippen LogP contribution >= 0.6 is 0 Å². The molecule has 0 spiro atoms. The lowest BCUT2D eigenvalue weighted by atomic mass is 10.1. The standard InChI is InChI=1S/C17H19N3O2/c1-3-12-22-16-6-4-14(5-7-16)13(2)19-20-17(21)15-8-10-18-11-9-15/h4-11H,3,12H2,1-2H3,(H,20,21)/b19-13+. The summed E-state index contributed by atoms with van der Waals surface area (Å²) in [6, 6.07) is 10.9. The van der Waals surface area contributed by atoms with Crippen LogP contribution in [0.2, 0.25) is 0 Å². The Morgan fingerprint density at radius 3 is 2.45 bits per heavy atom. The number of carbonyl (C=O) groups is 1. The van der Waals surface area contributed by atoms with Gasteiger partial charge in [0.2, 0.25) is 0 Å². The summed E-state index contributed by atoms with van der Waals surface area (Å²) >= 11 is 0. The second-order valence-electron chi connectivity index (χ2n) is 4.75. The molecule has 1 aromatic carbocycles. The lowest BCUT2D eigenvalue weighted by Gasteiger charge is -2.06. The van der Waals surface area contributed by atoms with Crippen molar-refractivity contribution in [1.29, 1.82) is 0 Å². The topological polar surface area (TPSA) is 63.6 Å². The van der Waals surface area contributed by atoms with Crippen LogP contribution < -0.4 is 10.2 Å². The Hall–Kier alpha value is -2.69. The van der Waals surface area contributed by atoms with Crippen LogP contribution in [-0.4, -0.2) is 23.2 Å². The number of ether oxygens (including phenoxy) is 1. The Labute approximate surface area is 130 Å². The number of rotatable bonds is 6. The van der Waals surface area contributed by atoms with E-state index in [1.807, 2.05) is 31.2 Å². The minimum atomic E-state index is -0.260. The molecule has 1 aromatic heterocycles. The number of hydrogen-bond donors (Lipinski definition) is 1. The highest BCUT2D eigenvalue weighted by Crippen LogP contribution is 2.13. The number of amides is 1. The van der Waals surface area contributed by atoms with Crippen LogP contribution in [0.15, 0.2) is 53.9 Å². The third-order valence-corrected chi connectivity index (χ3v) is 3.01. The fourth-order valence-corrected chi connectivity index (χ4v) is 1.78. The average Bonchev–Trinajstić information content (AvgIpc) is 2.58. The van der Waals surface area contributed by atoms with Crippen molar-refractivity contribution in [1.82, 2.24) is 10.4 Å². The van der Waals surface area contributed by atoms with Crippen LogP contribution in [0.3, 0.4) is 0 Å². The van der Waals surface area contributed by atoms with Gasteiger partial charge < -0.3 is 4.74 Å². The second kappa shape index (κ2) is 7.93. The van der Waals surface area contributed by atoms with Crippen LogP contribution in [0, 0.1) is 0 Å². The molecule has 0 unspecified atom stereocenters. The van der Waals surface area contributed by atoms with E-state index in [-0.39, 0.29) is 5.91 Å². The molecule has 0 saturated carbocycles. The first kappa shape index (κ1) is 15.7. The molecule has 0 atom stereocenters. The minimum absolute atomic E-state index is 0.260. The number of nitrogens with one attached hydrogen (secondary N) is 1. The van der Waals surface area contributed by atoms with Crippen molar-refractivity contribution in [2.75, 3.05) is 6.61 Å². The molecule has 5 heteroatoms. The van der Waals surface area contributed by atoms with Crippen molar-refractivity contribution in [3.63, 3.8) is 0 Å². The third-order valence-electron chi connectivity index (χ3n) is 3.01. The summed E-state index contributed by atoms with van der Waals surface area (Å²) in [6.45, 7) is 4.61. The molecule has 0 aliphatic rings. The first-order chi connectivity index (χ1) is 10.7. The molecule has 1 amide bonds. The van der Waals surface area contributed by atoms with Gasteiger partial charge in [0.05, 0.1) is 12.3 Å². The quantitative estimate of drug-likeness (QED) is 0.658. The van der Waals surface area contributed by atoms with Crippen molar-refractivity contribution in [2.24, 2.45) is 5.10 Å². The highest BCUT2D eigenvalue weighted by Gasteiger charge is 2.04. The van der Waals surface area contributed by atoms with E-state index in [4.69, 9.17) is 4.74 Å². The van der Waals surface area contributed by atoms with E-state index in [1.54, 1.807) is 24.5 Å². The van der Waals surface area contributed by atoms with E-state index in [9.17, 15) is 4.79 Å². The van der Waals surface area contributed by atoms with Crippen molar-refractivity contribution < 1.29 is 9.53 Å². The van der Waals surface area contributed by atoms with Gasteiger partial charge >= 0.3 is 0 Å². The summed E-state index contributed by atoms with van der Waals surface area (Å²) in [5, 5.41) is 4.12. The molecule has 0 fully saturated rings. The molecule has 1 N–H and O–H groups in total. The number of hydrazone groups is 1. The van der Waals surface area contributed by atoms with Gasteiger partial charge in [-0.15, -0.1) is 0 Å². The Morgan fingerprint density at radius 2 is 1.82 bits per heavy atom. The summed E-state index contributed by atoms with van der Waals surface area (Å²) in [5.41, 5.74) is 4.71. The zero-order valence-corrected chi connectivity index (χ0v) is 12.7. The Balaban J connectivity index is 1.98. The summed E-state index contributed by atoms with van der Waals surface area (Å²) in [7, 11) is 0. The summed E-state index contributed by atoms with van der Waals surface area (Å²) in [6.07, 6.45) is 4.12.